The molecule has 0 saturated carbocycles. The van der Waals surface area contributed by atoms with Crippen molar-refractivity contribution in [3.8, 4) is 5.88 Å². The van der Waals surface area contributed by atoms with Crippen LogP contribution in [0.4, 0.5) is 5.82 Å². The molecule has 0 aliphatic heterocycles. The number of aliphatic hydroxyl groups excluding tert-OH is 1. The summed E-state index contributed by atoms with van der Waals surface area (Å²) in [5.74, 6) is 6.99. The Morgan fingerprint density at radius 3 is 2.65 bits per heavy atom. The third kappa shape index (κ3) is 4.16. The van der Waals surface area contributed by atoms with E-state index >= 15 is 0 Å². The second-order valence-electron chi connectivity index (χ2n) is 4.73. The number of nitrogens with one attached hydrogen (secondary N) is 1. The van der Waals surface area contributed by atoms with E-state index in [1.807, 2.05) is 20.8 Å². The van der Waals surface area contributed by atoms with Crippen LogP contribution in [0.2, 0.25) is 0 Å². The summed E-state index contributed by atoms with van der Waals surface area (Å²) < 4.78 is 5.42. The summed E-state index contributed by atoms with van der Waals surface area (Å²) in [6.45, 7) is 6.56. The fraction of sp³-hybridized carbons (Fsp3) is 0.636. The Labute approximate surface area is 101 Å². The first-order valence-corrected chi connectivity index (χ1v) is 5.57. The largest absolute Gasteiger partial charge is 0.477 e. The molecule has 0 radical (unpaired) electrons. The van der Waals surface area contributed by atoms with Crippen LogP contribution in [0.15, 0.2) is 6.07 Å². The van der Waals surface area contributed by atoms with Crippen LogP contribution in [-0.4, -0.2) is 28.3 Å². The van der Waals surface area contributed by atoms with Gasteiger partial charge in [-0.3, -0.25) is 0 Å². The average molecular weight is 240 g/mol. The van der Waals surface area contributed by atoms with Gasteiger partial charge in [0.25, 0.3) is 0 Å². The lowest BCUT2D eigenvalue weighted by Crippen LogP contribution is -2.19. The SMILES string of the molecule is CC(C)(C)c1nc(NN)cc(OCCCO)n1. The third-order valence-corrected chi connectivity index (χ3v) is 2.07. The Kier molecular flexibility index (Phi) is 4.65. The zero-order chi connectivity index (χ0) is 12.9. The number of hydrazine groups is 1. The summed E-state index contributed by atoms with van der Waals surface area (Å²) in [5, 5.41) is 8.68. The summed E-state index contributed by atoms with van der Waals surface area (Å²) >= 11 is 0. The summed E-state index contributed by atoms with van der Waals surface area (Å²) in [7, 11) is 0. The first-order chi connectivity index (χ1) is 7.97. The molecule has 0 fully saturated rings. The van der Waals surface area contributed by atoms with Crippen LogP contribution in [0.5, 0.6) is 5.88 Å². The molecular weight excluding hydrogens is 220 g/mol. The predicted octanol–water partition coefficient (Wildman–Crippen LogP) is 0.821. The molecule has 1 aromatic heterocycles. The minimum atomic E-state index is -0.179. The van der Waals surface area contributed by atoms with E-state index in [0.717, 1.165) is 0 Å². The molecule has 1 rings (SSSR count). The number of nitrogen functional groups attached to an aromatic ring is 1. The number of hydrogen-bond acceptors (Lipinski definition) is 6. The number of hydrogen-bond donors (Lipinski definition) is 3. The van der Waals surface area contributed by atoms with Crippen LogP contribution < -0.4 is 16.0 Å². The lowest BCUT2D eigenvalue weighted by atomic mass is 9.96. The highest BCUT2D eigenvalue weighted by molar-refractivity contribution is 5.37. The van der Waals surface area contributed by atoms with E-state index in [4.69, 9.17) is 15.7 Å². The highest BCUT2D eigenvalue weighted by atomic mass is 16.5. The van der Waals surface area contributed by atoms with E-state index in [0.29, 0.717) is 30.5 Å². The van der Waals surface area contributed by atoms with Crippen LogP contribution >= 0.6 is 0 Å². The predicted molar refractivity (Wildman–Crippen MR) is 65.7 cm³/mol. The summed E-state index contributed by atoms with van der Waals surface area (Å²) in [6.07, 6.45) is 0.570. The Bertz CT molecular complexity index is 363. The molecule has 0 aliphatic carbocycles. The Morgan fingerprint density at radius 2 is 2.12 bits per heavy atom. The van der Waals surface area contributed by atoms with Gasteiger partial charge in [0.1, 0.15) is 11.6 Å². The van der Waals surface area contributed by atoms with Crippen molar-refractivity contribution in [1.29, 1.82) is 0 Å². The highest BCUT2D eigenvalue weighted by Crippen LogP contribution is 2.22. The van der Waals surface area contributed by atoms with Gasteiger partial charge in [-0.2, -0.15) is 4.98 Å². The van der Waals surface area contributed by atoms with Crippen molar-refractivity contribution < 1.29 is 9.84 Å². The fourth-order valence-electron chi connectivity index (χ4n) is 1.15. The molecule has 0 aromatic carbocycles. The molecule has 0 spiro atoms. The maximum atomic E-state index is 8.68. The molecule has 0 bridgehead atoms. The summed E-state index contributed by atoms with van der Waals surface area (Å²) in [4.78, 5) is 8.59. The molecular formula is C11H20N4O2. The van der Waals surface area contributed by atoms with Crippen molar-refractivity contribution in [3.05, 3.63) is 11.9 Å². The van der Waals surface area contributed by atoms with Gasteiger partial charge >= 0.3 is 0 Å². The second-order valence-corrected chi connectivity index (χ2v) is 4.73. The Balaban J connectivity index is 2.89. The van der Waals surface area contributed by atoms with Crippen molar-refractivity contribution in [3.63, 3.8) is 0 Å². The number of ether oxygens (including phenoxy) is 1. The van der Waals surface area contributed by atoms with Crippen LogP contribution in [0, 0.1) is 0 Å². The maximum absolute atomic E-state index is 8.68. The van der Waals surface area contributed by atoms with Gasteiger partial charge in [0.15, 0.2) is 0 Å². The van der Waals surface area contributed by atoms with E-state index in [-0.39, 0.29) is 12.0 Å². The summed E-state index contributed by atoms with van der Waals surface area (Å²) in [5.41, 5.74) is 2.31. The van der Waals surface area contributed by atoms with Gasteiger partial charge in [-0.25, -0.2) is 10.8 Å². The molecule has 0 aliphatic rings. The monoisotopic (exact) mass is 240 g/mol. The van der Waals surface area contributed by atoms with Gasteiger partial charge in [-0.15, -0.1) is 0 Å². The molecule has 0 saturated heterocycles. The number of anilines is 1. The zero-order valence-electron chi connectivity index (χ0n) is 10.5. The molecule has 96 valence electrons. The first-order valence-electron chi connectivity index (χ1n) is 5.57. The fourth-order valence-corrected chi connectivity index (χ4v) is 1.15. The molecule has 0 amide bonds. The molecule has 0 atom stereocenters. The van der Waals surface area contributed by atoms with Crippen molar-refractivity contribution in [2.45, 2.75) is 32.6 Å². The first kappa shape index (κ1) is 13.7. The summed E-state index contributed by atoms with van der Waals surface area (Å²) in [6, 6.07) is 1.63. The van der Waals surface area contributed by atoms with Gasteiger partial charge < -0.3 is 15.3 Å². The molecule has 1 aromatic rings. The van der Waals surface area contributed by atoms with E-state index in [9.17, 15) is 0 Å². The van der Waals surface area contributed by atoms with Crippen molar-refractivity contribution in [2.75, 3.05) is 18.6 Å². The standard InChI is InChI=1S/C11H20N4O2/c1-11(2,3)10-13-8(15-12)7-9(14-10)17-6-4-5-16/h7,16H,4-6,12H2,1-3H3,(H,13,14,15). The molecule has 1 heterocycles. The average Bonchev–Trinajstić information content (AvgIpc) is 2.28. The van der Waals surface area contributed by atoms with E-state index in [1.165, 1.54) is 0 Å². The minimum Gasteiger partial charge on any atom is -0.477 e. The van der Waals surface area contributed by atoms with Gasteiger partial charge in [-0.1, -0.05) is 20.8 Å². The van der Waals surface area contributed by atoms with Crippen LogP contribution in [-0.2, 0) is 5.41 Å². The number of nitrogens with two attached hydrogens (primary N) is 1. The Morgan fingerprint density at radius 1 is 1.41 bits per heavy atom. The van der Waals surface area contributed by atoms with Gasteiger partial charge in [-0.05, 0) is 0 Å². The van der Waals surface area contributed by atoms with Gasteiger partial charge in [0.05, 0.1) is 6.61 Å². The minimum absolute atomic E-state index is 0.0964. The molecule has 6 heteroatoms. The van der Waals surface area contributed by atoms with Crippen LogP contribution in [0.1, 0.15) is 33.0 Å². The molecule has 0 unspecified atom stereocenters. The van der Waals surface area contributed by atoms with E-state index in [1.54, 1.807) is 6.07 Å². The van der Waals surface area contributed by atoms with Crippen molar-refractivity contribution >= 4 is 5.82 Å². The quantitative estimate of drug-likeness (QED) is 0.401. The topological polar surface area (TPSA) is 93.3 Å². The number of rotatable bonds is 5. The zero-order valence-corrected chi connectivity index (χ0v) is 10.5. The van der Waals surface area contributed by atoms with Gasteiger partial charge in [0, 0.05) is 24.5 Å². The number of nitrogens with zero attached hydrogens (tertiary/aromatic N) is 2. The number of aromatic nitrogens is 2. The highest BCUT2D eigenvalue weighted by Gasteiger charge is 2.19. The normalized spacial score (nSPS) is 11.4. The lowest BCUT2D eigenvalue weighted by Gasteiger charge is -2.18. The van der Waals surface area contributed by atoms with Gasteiger partial charge in [0.2, 0.25) is 5.88 Å². The number of aliphatic hydroxyl groups is 1. The second kappa shape index (κ2) is 5.79. The van der Waals surface area contributed by atoms with Crippen molar-refractivity contribution in [1.82, 2.24) is 9.97 Å². The smallest absolute Gasteiger partial charge is 0.218 e. The van der Waals surface area contributed by atoms with Crippen LogP contribution in [0.25, 0.3) is 0 Å². The molecule has 4 N–H and O–H groups in total. The van der Waals surface area contributed by atoms with Crippen molar-refractivity contribution in [2.24, 2.45) is 5.84 Å². The Hall–Kier alpha value is -1.40. The molecule has 17 heavy (non-hydrogen) atoms. The lowest BCUT2D eigenvalue weighted by molar-refractivity contribution is 0.228. The third-order valence-electron chi connectivity index (χ3n) is 2.07. The maximum Gasteiger partial charge on any atom is 0.218 e. The van der Waals surface area contributed by atoms with Crippen LogP contribution in [0.3, 0.4) is 0 Å². The van der Waals surface area contributed by atoms with E-state index in [2.05, 4.69) is 15.4 Å². The van der Waals surface area contributed by atoms with E-state index < -0.39 is 0 Å². The molecule has 6 nitrogen and oxygen atoms in total.